The van der Waals surface area contributed by atoms with Crippen molar-refractivity contribution < 1.29 is 23.1 Å². The average Bonchev–Trinajstić information content (AvgIpc) is 2.93. The number of hydrogen-bond donors (Lipinski definition) is 1. The third-order valence-electron chi connectivity index (χ3n) is 4.47. The molecule has 1 heterocycles. The van der Waals surface area contributed by atoms with Crippen LogP contribution >= 0.6 is 0 Å². The van der Waals surface area contributed by atoms with E-state index in [1.807, 2.05) is 12.2 Å². The fraction of sp³-hybridized carbons (Fsp3) is 0.833. The molecule has 0 bridgehead atoms. The summed E-state index contributed by atoms with van der Waals surface area (Å²) in [6, 6.07) is 0. The molecule has 140 valence electrons. The summed E-state index contributed by atoms with van der Waals surface area (Å²) in [4.78, 5) is 10.4. The molecule has 24 heavy (non-hydrogen) atoms. The van der Waals surface area contributed by atoms with Crippen molar-refractivity contribution in [3.8, 4) is 0 Å². The highest BCUT2D eigenvalue weighted by Crippen LogP contribution is 2.26. The summed E-state index contributed by atoms with van der Waals surface area (Å²) in [6.07, 6.45) is 10.4. The Morgan fingerprint density at radius 1 is 1.12 bits per heavy atom. The molecule has 0 amide bonds. The summed E-state index contributed by atoms with van der Waals surface area (Å²) in [6.45, 7) is 3.27. The van der Waals surface area contributed by atoms with Crippen molar-refractivity contribution in [3.63, 3.8) is 0 Å². The molecule has 0 aromatic carbocycles. The molecule has 0 aromatic rings. The van der Waals surface area contributed by atoms with Crippen molar-refractivity contribution in [2.24, 2.45) is 11.8 Å². The molecule has 1 fully saturated rings. The first kappa shape index (κ1) is 21.2. The zero-order valence-corrected chi connectivity index (χ0v) is 15.6. The van der Waals surface area contributed by atoms with Gasteiger partial charge in [-0.1, -0.05) is 38.3 Å². The van der Waals surface area contributed by atoms with Crippen molar-refractivity contribution in [2.75, 3.05) is 24.7 Å². The van der Waals surface area contributed by atoms with Gasteiger partial charge in [0.15, 0.2) is 9.84 Å². The standard InChI is InChI=1S/C18H32O5S/c1-2-3-4-9-12-24(21,22)15-17-14-23-13-16(17)10-7-5-6-8-11-18(19)20/h5,7,16-17H,2-4,6,8-15H2,1H3,(H,19,20)/b7-5-/t16-,17-/m0/s1. The lowest BCUT2D eigenvalue weighted by Gasteiger charge is -2.16. The van der Waals surface area contributed by atoms with E-state index in [9.17, 15) is 13.2 Å². The molecule has 0 aliphatic carbocycles. The molecule has 0 aromatic heterocycles. The van der Waals surface area contributed by atoms with Gasteiger partial charge in [0.1, 0.15) is 0 Å². The Morgan fingerprint density at radius 2 is 1.88 bits per heavy atom. The molecule has 1 saturated heterocycles. The van der Waals surface area contributed by atoms with Gasteiger partial charge in [-0.3, -0.25) is 4.79 Å². The van der Waals surface area contributed by atoms with Crippen molar-refractivity contribution in [3.05, 3.63) is 12.2 Å². The molecule has 1 rings (SSSR count). The number of sulfone groups is 1. The van der Waals surface area contributed by atoms with Crippen LogP contribution in [0.4, 0.5) is 0 Å². The van der Waals surface area contributed by atoms with Gasteiger partial charge in [0, 0.05) is 12.3 Å². The molecule has 0 radical (unpaired) electrons. The number of aliphatic carboxylic acids is 1. The van der Waals surface area contributed by atoms with Gasteiger partial charge in [0.05, 0.1) is 24.7 Å². The number of ether oxygens (including phenoxy) is 1. The van der Waals surface area contributed by atoms with Crippen molar-refractivity contribution in [1.82, 2.24) is 0 Å². The monoisotopic (exact) mass is 360 g/mol. The number of rotatable bonds is 13. The molecular formula is C18H32O5S. The van der Waals surface area contributed by atoms with E-state index in [0.29, 0.717) is 25.4 Å². The molecule has 0 unspecified atom stereocenters. The SMILES string of the molecule is CCCCCCS(=O)(=O)C[C@@H]1COC[C@@H]1C/C=C\CCCC(=O)O. The Labute approximate surface area is 146 Å². The van der Waals surface area contributed by atoms with Crippen LogP contribution in [0.3, 0.4) is 0 Å². The molecule has 1 aliphatic heterocycles. The quantitative estimate of drug-likeness (QED) is 0.402. The van der Waals surface area contributed by atoms with Crippen molar-refractivity contribution >= 4 is 15.8 Å². The predicted octanol–water partition coefficient (Wildman–Crippen LogP) is 3.45. The second-order valence-corrected chi connectivity index (χ2v) is 8.95. The van der Waals surface area contributed by atoms with Crippen LogP contribution in [0, 0.1) is 11.8 Å². The lowest BCUT2D eigenvalue weighted by molar-refractivity contribution is -0.137. The minimum Gasteiger partial charge on any atom is -0.481 e. The van der Waals surface area contributed by atoms with E-state index in [-0.39, 0.29) is 24.0 Å². The zero-order chi connectivity index (χ0) is 17.8. The molecule has 0 saturated carbocycles. The van der Waals surface area contributed by atoms with Crippen LogP contribution in [0.2, 0.25) is 0 Å². The Balaban J connectivity index is 2.31. The number of carboxylic acid groups (broad SMARTS) is 1. The smallest absolute Gasteiger partial charge is 0.303 e. The van der Waals surface area contributed by atoms with Gasteiger partial charge in [-0.05, 0) is 31.6 Å². The minimum absolute atomic E-state index is 0.0878. The Morgan fingerprint density at radius 3 is 2.58 bits per heavy atom. The minimum atomic E-state index is -3.00. The number of allylic oxidation sites excluding steroid dienone is 2. The predicted molar refractivity (Wildman–Crippen MR) is 95.8 cm³/mol. The topological polar surface area (TPSA) is 80.7 Å². The third kappa shape index (κ3) is 9.42. The highest BCUT2D eigenvalue weighted by atomic mass is 32.2. The fourth-order valence-electron chi connectivity index (χ4n) is 3.01. The highest BCUT2D eigenvalue weighted by Gasteiger charge is 2.31. The maximum Gasteiger partial charge on any atom is 0.303 e. The number of unbranched alkanes of at least 4 members (excludes halogenated alkanes) is 4. The summed E-state index contributed by atoms with van der Waals surface area (Å²) in [5, 5.41) is 8.58. The van der Waals surface area contributed by atoms with Crippen LogP contribution in [-0.4, -0.2) is 44.2 Å². The van der Waals surface area contributed by atoms with Crippen LogP contribution in [0.5, 0.6) is 0 Å². The second kappa shape index (κ2) is 11.6. The van der Waals surface area contributed by atoms with Gasteiger partial charge < -0.3 is 9.84 Å². The normalized spacial score (nSPS) is 21.5. The number of hydrogen-bond acceptors (Lipinski definition) is 4. The number of carboxylic acids is 1. The first-order valence-electron chi connectivity index (χ1n) is 9.09. The van der Waals surface area contributed by atoms with Crippen LogP contribution in [0.15, 0.2) is 12.2 Å². The molecular weight excluding hydrogens is 328 g/mol. The summed E-state index contributed by atoms with van der Waals surface area (Å²) in [7, 11) is -3.00. The summed E-state index contributed by atoms with van der Waals surface area (Å²) >= 11 is 0. The van der Waals surface area contributed by atoms with Gasteiger partial charge in [-0.2, -0.15) is 0 Å². The molecule has 6 heteroatoms. The molecule has 5 nitrogen and oxygen atoms in total. The molecule has 1 N–H and O–H groups in total. The average molecular weight is 361 g/mol. The summed E-state index contributed by atoms with van der Waals surface area (Å²) < 4.78 is 30.0. The van der Waals surface area contributed by atoms with E-state index < -0.39 is 15.8 Å². The number of carbonyl (C=O) groups is 1. The van der Waals surface area contributed by atoms with Crippen LogP contribution < -0.4 is 0 Å². The van der Waals surface area contributed by atoms with E-state index in [1.54, 1.807) is 0 Å². The van der Waals surface area contributed by atoms with E-state index in [0.717, 1.165) is 38.5 Å². The Hall–Kier alpha value is -0.880. The molecule has 1 aliphatic rings. The Bertz CT molecular complexity index is 484. The molecule has 2 atom stereocenters. The van der Waals surface area contributed by atoms with Crippen LogP contribution in [0.1, 0.15) is 58.3 Å². The van der Waals surface area contributed by atoms with Crippen molar-refractivity contribution in [1.29, 1.82) is 0 Å². The van der Waals surface area contributed by atoms with Crippen LogP contribution in [-0.2, 0) is 19.4 Å². The maximum absolute atomic E-state index is 12.2. The van der Waals surface area contributed by atoms with Gasteiger partial charge >= 0.3 is 5.97 Å². The third-order valence-corrected chi connectivity index (χ3v) is 6.32. The summed E-state index contributed by atoms with van der Waals surface area (Å²) in [5.41, 5.74) is 0. The largest absolute Gasteiger partial charge is 0.481 e. The van der Waals surface area contributed by atoms with Crippen molar-refractivity contribution in [2.45, 2.75) is 58.3 Å². The van der Waals surface area contributed by atoms with E-state index in [4.69, 9.17) is 9.84 Å². The van der Waals surface area contributed by atoms with E-state index >= 15 is 0 Å². The summed E-state index contributed by atoms with van der Waals surface area (Å²) in [5.74, 6) is 0.102. The maximum atomic E-state index is 12.2. The fourth-order valence-corrected chi connectivity index (χ4v) is 4.84. The van der Waals surface area contributed by atoms with Crippen LogP contribution in [0.25, 0.3) is 0 Å². The highest BCUT2D eigenvalue weighted by molar-refractivity contribution is 7.91. The van der Waals surface area contributed by atoms with E-state index in [2.05, 4.69) is 6.92 Å². The second-order valence-electron chi connectivity index (χ2n) is 6.73. The van der Waals surface area contributed by atoms with Gasteiger partial charge in [0.2, 0.25) is 0 Å². The van der Waals surface area contributed by atoms with E-state index in [1.165, 1.54) is 0 Å². The first-order chi connectivity index (χ1) is 11.4. The first-order valence-corrected chi connectivity index (χ1v) is 10.9. The lowest BCUT2D eigenvalue weighted by atomic mass is 9.94. The Kier molecular flexibility index (Phi) is 10.3. The molecule has 0 spiro atoms. The zero-order valence-electron chi connectivity index (χ0n) is 14.8. The van der Waals surface area contributed by atoms with Gasteiger partial charge in [-0.25, -0.2) is 8.42 Å². The van der Waals surface area contributed by atoms with Gasteiger partial charge in [0.25, 0.3) is 0 Å². The lowest BCUT2D eigenvalue weighted by Crippen LogP contribution is -2.24. The van der Waals surface area contributed by atoms with Gasteiger partial charge in [-0.15, -0.1) is 0 Å².